The fourth-order valence-electron chi connectivity index (χ4n) is 4.35. The molecule has 156 valence electrons. The highest BCUT2D eigenvalue weighted by atomic mass is 16.5. The van der Waals surface area contributed by atoms with Gasteiger partial charge >= 0.3 is 5.97 Å². The molecule has 1 saturated heterocycles. The van der Waals surface area contributed by atoms with Gasteiger partial charge in [-0.15, -0.1) is 0 Å². The molecule has 0 aromatic heterocycles. The van der Waals surface area contributed by atoms with E-state index in [1.165, 1.54) is 16.8 Å². The van der Waals surface area contributed by atoms with Crippen molar-refractivity contribution in [2.45, 2.75) is 43.8 Å². The van der Waals surface area contributed by atoms with Crippen LogP contribution in [0.25, 0.3) is 0 Å². The van der Waals surface area contributed by atoms with E-state index < -0.39 is 35.6 Å². The van der Waals surface area contributed by atoms with Crippen LogP contribution in [0.1, 0.15) is 43.0 Å². The molecule has 2 aliphatic heterocycles. The summed E-state index contributed by atoms with van der Waals surface area (Å²) in [5.41, 5.74) is -1.95. The van der Waals surface area contributed by atoms with Crippen LogP contribution >= 0.6 is 0 Å². The van der Waals surface area contributed by atoms with Crippen LogP contribution in [-0.2, 0) is 19.1 Å². The van der Waals surface area contributed by atoms with E-state index in [4.69, 9.17) is 4.74 Å². The minimum Gasteiger partial charge on any atom is -0.452 e. The Kier molecular flexibility index (Phi) is 4.53. The summed E-state index contributed by atoms with van der Waals surface area (Å²) in [5.74, 6) is -2.06. The minimum atomic E-state index is -1.63. The number of fused-ring (bicyclic) bond motifs is 3. The first-order valence-corrected chi connectivity index (χ1v) is 9.84. The van der Waals surface area contributed by atoms with Crippen LogP contribution in [0.2, 0.25) is 0 Å². The summed E-state index contributed by atoms with van der Waals surface area (Å²) in [6, 6.07) is 8.70. The first-order chi connectivity index (χ1) is 14.2. The van der Waals surface area contributed by atoms with E-state index in [-0.39, 0.29) is 24.7 Å². The summed E-state index contributed by atoms with van der Waals surface area (Å²) < 4.78 is 5.27. The molecule has 1 aliphatic carbocycles. The lowest BCUT2D eigenvalue weighted by molar-refractivity contribution is -0.159. The Hall–Kier alpha value is -3.41. The largest absolute Gasteiger partial charge is 0.452 e. The normalized spacial score (nSPS) is 24.4. The fraction of sp³-hybridized carbons (Fsp3) is 0.476. The summed E-state index contributed by atoms with van der Waals surface area (Å²) >= 11 is 0. The number of amides is 3. The number of ether oxygens (including phenoxy) is 1. The lowest BCUT2D eigenvalue weighted by Gasteiger charge is -2.46. The number of hydrogen-bond acceptors (Lipinski definition) is 6. The van der Waals surface area contributed by atoms with Crippen molar-refractivity contribution >= 4 is 29.4 Å². The molecule has 9 nitrogen and oxygen atoms in total. The smallest absolute Gasteiger partial charge is 0.354 e. The fourth-order valence-corrected chi connectivity index (χ4v) is 4.35. The van der Waals surface area contributed by atoms with Gasteiger partial charge in [-0.2, -0.15) is 5.26 Å². The van der Waals surface area contributed by atoms with Gasteiger partial charge in [-0.1, -0.05) is 12.1 Å². The minimum absolute atomic E-state index is 0.0703. The van der Waals surface area contributed by atoms with E-state index in [1.54, 1.807) is 31.2 Å². The van der Waals surface area contributed by atoms with Gasteiger partial charge in [-0.05, 0) is 37.8 Å². The molecule has 1 aromatic carbocycles. The summed E-state index contributed by atoms with van der Waals surface area (Å²) in [6.07, 6.45) is 1.86. The van der Waals surface area contributed by atoms with Crippen LogP contribution in [0.4, 0.5) is 5.69 Å². The Morgan fingerprint density at radius 2 is 2.03 bits per heavy atom. The van der Waals surface area contributed by atoms with E-state index in [0.717, 1.165) is 12.8 Å². The van der Waals surface area contributed by atoms with E-state index in [2.05, 4.69) is 11.4 Å². The number of rotatable bonds is 5. The third-order valence-electron chi connectivity index (χ3n) is 6.23. The third-order valence-corrected chi connectivity index (χ3v) is 6.23. The first-order valence-electron chi connectivity index (χ1n) is 9.84. The molecule has 2 fully saturated rings. The zero-order valence-electron chi connectivity index (χ0n) is 16.8. The number of nitriles is 1. The number of likely N-dealkylation sites (N-methyl/N-ethyl adjacent to an activating group) is 1. The van der Waals surface area contributed by atoms with Gasteiger partial charge in [0, 0.05) is 19.9 Å². The average molecular weight is 410 g/mol. The zero-order chi connectivity index (χ0) is 21.7. The van der Waals surface area contributed by atoms with Crippen molar-refractivity contribution in [1.29, 1.82) is 5.26 Å². The third kappa shape index (κ3) is 2.83. The Bertz CT molecular complexity index is 997. The predicted octanol–water partition coefficient (Wildman–Crippen LogP) is 0.947. The van der Waals surface area contributed by atoms with Crippen LogP contribution in [-0.4, -0.2) is 53.4 Å². The summed E-state index contributed by atoms with van der Waals surface area (Å²) in [6.45, 7) is 1.04. The number of nitrogens with zero attached hydrogens (tertiary/aromatic N) is 3. The number of carbonyl (C=O) groups is 4. The second-order valence-electron chi connectivity index (χ2n) is 8.14. The maximum atomic E-state index is 13.1. The number of anilines is 1. The zero-order valence-corrected chi connectivity index (χ0v) is 16.8. The monoisotopic (exact) mass is 410 g/mol. The number of nitrogens with one attached hydrogen (secondary N) is 1. The Balaban J connectivity index is 1.55. The molecule has 0 radical (unpaired) electrons. The average Bonchev–Trinajstić information content (AvgIpc) is 3.54. The molecule has 30 heavy (non-hydrogen) atoms. The lowest BCUT2D eigenvalue weighted by atomic mass is 9.97. The van der Waals surface area contributed by atoms with Crippen molar-refractivity contribution < 1.29 is 23.9 Å². The molecule has 0 unspecified atom stereocenters. The van der Waals surface area contributed by atoms with Crippen molar-refractivity contribution in [3.05, 3.63) is 29.8 Å². The van der Waals surface area contributed by atoms with Gasteiger partial charge in [0.15, 0.2) is 6.61 Å². The predicted molar refractivity (Wildman–Crippen MR) is 104 cm³/mol. The van der Waals surface area contributed by atoms with Gasteiger partial charge in [-0.25, -0.2) is 4.79 Å². The molecule has 9 heteroatoms. The van der Waals surface area contributed by atoms with Crippen molar-refractivity contribution in [1.82, 2.24) is 10.2 Å². The summed E-state index contributed by atoms with van der Waals surface area (Å²) in [7, 11) is 1.45. The lowest BCUT2D eigenvalue weighted by Crippen LogP contribution is -2.67. The Labute approximate surface area is 173 Å². The quantitative estimate of drug-likeness (QED) is 0.722. The first kappa shape index (κ1) is 19.9. The standard InChI is InChI=1S/C21H22N4O5/c1-20(12-22,13-7-8-13)23-16(26)11-30-19(29)21-10-9-17(27)25(21)15-6-4-3-5-14(15)18(28)24(21)2/h3-6,13H,7-11H2,1-2H3,(H,23,26)/t20-,21-/m1/s1. The second kappa shape index (κ2) is 6.83. The van der Waals surface area contributed by atoms with Gasteiger partial charge in [-0.3, -0.25) is 19.3 Å². The Morgan fingerprint density at radius 1 is 1.33 bits per heavy atom. The van der Waals surface area contributed by atoms with Crippen LogP contribution in [0.15, 0.2) is 24.3 Å². The second-order valence-corrected chi connectivity index (χ2v) is 8.14. The number of carbonyl (C=O) groups excluding carboxylic acids is 4. The maximum absolute atomic E-state index is 13.1. The SMILES string of the molecule is CN1C(=O)c2ccccc2N2C(=O)CC[C@@]12C(=O)OCC(=O)N[C@](C)(C#N)C1CC1. The molecular formula is C21H22N4O5. The van der Waals surface area contributed by atoms with Crippen molar-refractivity contribution in [2.75, 3.05) is 18.6 Å². The number of hydrogen-bond donors (Lipinski definition) is 1. The molecule has 3 aliphatic rings. The van der Waals surface area contributed by atoms with Crippen LogP contribution in [0.3, 0.4) is 0 Å². The van der Waals surface area contributed by atoms with Gasteiger partial charge in [0.1, 0.15) is 5.54 Å². The highest BCUT2D eigenvalue weighted by Gasteiger charge is 2.61. The number of benzene rings is 1. The van der Waals surface area contributed by atoms with Gasteiger partial charge in [0.05, 0.1) is 17.3 Å². The molecule has 0 bridgehead atoms. The topological polar surface area (TPSA) is 120 Å². The Morgan fingerprint density at radius 3 is 2.70 bits per heavy atom. The van der Waals surface area contributed by atoms with Crippen LogP contribution in [0, 0.1) is 17.2 Å². The van der Waals surface area contributed by atoms with E-state index in [9.17, 15) is 24.4 Å². The molecule has 2 atom stereocenters. The van der Waals surface area contributed by atoms with Crippen molar-refractivity contribution in [3.8, 4) is 6.07 Å². The highest BCUT2D eigenvalue weighted by molar-refractivity contribution is 6.15. The molecule has 1 saturated carbocycles. The molecule has 3 amide bonds. The molecular weight excluding hydrogens is 388 g/mol. The summed E-state index contributed by atoms with van der Waals surface area (Å²) in [5, 5.41) is 12.0. The van der Waals surface area contributed by atoms with E-state index in [1.807, 2.05) is 0 Å². The van der Waals surface area contributed by atoms with E-state index >= 15 is 0 Å². The van der Waals surface area contributed by atoms with Gasteiger partial charge < -0.3 is 15.0 Å². The number of para-hydroxylation sites is 1. The van der Waals surface area contributed by atoms with Crippen LogP contribution in [0.5, 0.6) is 0 Å². The number of esters is 1. The highest BCUT2D eigenvalue weighted by Crippen LogP contribution is 2.44. The van der Waals surface area contributed by atoms with Crippen molar-refractivity contribution in [3.63, 3.8) is 0 Å². The summed E-state index contributed by atoms with van der Waals surface area (Å²) in [4.78, 5) is 53.5. The molecule has 4 rings (SSSR count). The molecule has 2 heterocycles. The van der Waals surface area contributed by atoms with E-state index in [0.29, 0.717) is 11.3 Å². The molecule has 0 spiro atoms. The maximum Gasteiger partial charge on any atom is 0.354 e. The van der Waals surface area contributed by atoms with Gasteiger partial charge in [0.25, 0.3) is 11.8 Å². The van der Waals surface area contributed by atoms with Crippen LogP contribution < -0.4 is 10.2 Å². The van der Waals surface area contributed by atoms with Crippen molar-refractivity contribution in [2.24, 2.45) is 5.92 Å². The molecule has 1 aromatic rings. The molecule has 1 N–H and O–H groups in total. The van der Waals surface area contributed by atoms with Gasteiger partial charge in [0.2, 0.25) is 11.6 Å².